The molecule has 0 saturated carbocycles. The minimum absolute atomic E-state index is 0.116. The Hall–Kier alpha value is -4.13. The van der Waals surface area contributed by atoms with Crippen LogP contribution >= 0.6 is 0 Å². The minimum atomic E-state index is -0.557. The van der Waals surface area contributed by atoms with Crippen molar-refractivity contribution >= 4 is 24.2 Å². The van der Waals surface area contributed by atoms with Gasteiger partial charge in [0.05, 0.1) is 18.0 Å². The normalized spacial score (nSPS) is 11.0. The van der Waals surface area contributed by atoms with E-state index in [2.05, 4.69) is 10.5 Å². The molecule has 7 nitrogen and oxygen atoms in total. The highest BCUT2D eigenvalue weighted by atomic mass is 16.5. The smallest absolute Gasteiger partial charge is 0.336 e. The van der Waals surface area contributed by atoms with Crippen molar-refractivity contribution in [2.24, 2.45) is 5.10 Å². The molecule has 0 radical (unpaired) electrons. The number of benzene rings is 2. The van der Waals surface area contributed by atoms with E-state index in [9.17, 15) is 14.7 Å². The quantitative estimate of drug-likeness (QED) is 0.226. The van der Waals surface area contributed by atoms with Gasteiger partial charge in [0.25, 0.3) is 5.91 Å². The van der Waals surface area contributed by atoms with Crippen molar-refractivity contribution < 1.29 is 23.8 Å². The maximum absolute atomic E-state index is 12.0. The Morgan fingerprint density at radius 2 is 1.93 bits per heavy atom. The zero-order valence-corrected chi connectivity index (χ0v) is 14.6. The third kappa shape index (κ3) is 5.18. The SMILES string of the molecule is O=C(/C=C/c1ccco1)Oc1cccc(/C=N\NC(=O)c2ccccc2O)c1. The second-order valence-electron chi connectivity index (χ2n) is 5.56. The van der Waals surface area contributed by atoms with E-state index in [1.165, 1.54) is 36.8 Å². The van der Waals surface area contributed by atoms with Crippen LogP contribution in [0.2, 0.25) is 0 Å². The van der Waals surface area contributed by atoms with Gasteiger partial charge >= 0.3 is 5.97 Å². The number of para-hydroxylation sites is 1. The van der Waals surface area contributed by atoms with Gasteiger partial charge in [-0.05, 0) is 48.0 Å². The molecule has 0 unspecified atom stereocenters. The summed E-state index contributed by atoms with van der Waals surface area (Å²) in [5.41, 5.74) is 3.05. The third-order valence-corrected chi connectivity index (χ3v) is 3.53. The number of esters is 1. The molecule has 1 aromatic heterocycles. The molecule has 0 aliphatic heterocycles. The largest absolute Gasteiger partial charge is 0.507 e. The Kier molecular flexibility index (Phi) is 5.99. The van der Waals surface area contributed by atoms with E-state index in [4.69, 9.17) is 9.15 Å². The number of nitrogens with zero attached hydrogens (tertiary/aromatic N) is 1. The fourth-order valence-electron chi connectivity index (χ4n) is 2.24. The van der Waals surface area contributed by atoms with E-state index in [0.29, 0.717) is 17.1 Å². The highest BCUT2D eigenvalue weighted by molar-refractivity contribution is 5.97. The predicted molar refractivity (Wildman–Crippen MR) is 103 cm³/mol. The lowest BCUT2D eigenvalue weighted by atomic mass is 10.2. The third-order valence-electron chi connectivity index (χ3n) is 3.53. The number of hydrogen-bond acceptors (Lipinski definition) is 6. The monoisotopic (exact) mass is 376 g/mol. The number of hydrazone groups is 1. The summed E-state index contributed by atoms with van der Waals surface area (Å²) in [5, 5.41) is 13.5. The van der Waals surface area contributed by atoms with Crippen molar-refractivity contribution in [3.05, 3.63) is 89.9 Å². The Morgan fingerprint density at radius 3 is 2.71 bits per heavy atom. The van der Waals surface area contributed by atoms with Crippen molar-refractivity contribution in [2.45, 2.75) is 0 Å². The van der Waals surface area contributed by atoms with Crippen molar-refractivity contribution in [1.29, 1.82) is 0 Å². The molecule has 28 heavy (non-hydrogen) atoms. The van der Waals surface area contributed by atoms with E-state index in [1.54, 1.807) is 48.5 Å². The van der Waals surface area contributed by atoms with Gasteiger partial charge in [-0.25, -0.2) is 10.2 Å². The standard InChI is InChI=1S/C21H16N2O5/c24-19-9-2-1-8-18(19)21(26)23-22-14-15-5-3-6-17(13-15)28-20(25)11-10-16-7-4-12-27-16/h1-14,24H,(H,23,26)/b11-10+,22-14-. The summed E-state index contributed by atoms with van der Waals surface area (Å²) in [6.07, 6.45) is 5.66. The molecular formula is C21H16N2O5. The summed E-state index contributed by atoms with van der Waals surface area (Å²) in [4.78, 5) is 23.8. The topological polar surface area (TPSA) is 101 Å². The van der Waals surface area contributed by atoms with Crippen molar-refractivity contribution in [1.82, 2.24) is 5.43 Å². The second kappa shape index (κ2) is 9.00. The molecular weight excluding hydrogens is 360 g/mol. The molecule has 1 heterocycles. The van der Waals surface area contributed by atoms with Gasteiger partial charge in [0.15, 0.2) is 0 Å². The predicted octanol–water partition coefficient (Wildman–Crippen LogP) is 3.37. The highest BCUT2D eigenvalue weighted by Crippen LogP contribution is 2.15. The van der Waals surface area contributed by atoms with Crippen LogP contribution in [-0.4, -0.2) is 23.2 Å². The number of carbonyl (C=O) groups is 2. The molecule has 0 atom stereocenters. The fraction of sp³-hybridized carbons (Fsp3) is 0. The first-order valence-corrected chi connectivity index (χ1v) is 8.27. The Morgan fingerprint density at radius 1 is 1.07 bits per heavy atom. The lowest BCUT2D eigenvalue weighted by Gasteiger charge is -2.03. The molecule has 1 amide bonds. The van der Waals surface area contributed by atoms with Gasteiger partial charge in [0.2, 0.25) is 0 Å². The number of rotatable bonds is 6. The van der Waals surface area contributed by atoms with Gasteiger partial charge in [0, 0.05) is 6.08 Å². The summed E-state index contributed by atoms with van der Waals surface area (Å²) in [6.45, 7) is 0. The second-order valence-corrected chi connectivity index (χ2v) is 5.56. The summed E-state index contributed by atoms with van der Waals surface area (Å²) in [7, 11) is 0. The molecule has 0 aliphatic rings. The van der Waals surface area contributed by atoms with Gasteiger partial charge in [-0.2, -0.15) is 5.10 Å². The summed E-state index contributed by atoms with van der Waals surface area (Å²) in [6, 6.07) is 16.2. The van der Waals surface area contributed by atoms with Gasteiger partial charge < -0.3 is 14.3 Å². The fourth-order valence-corrected chi connectivity index (χ4v) is 2.24. The molecule has 0 aliphatic carbocycles. The van der Waals surface area contributed by atoms with Crippen LogP contribution in [0.4, 0.5) is 0 Å². The molecule has 0 bridgehead atoms. The van der Waals surface area contributed by atoms with Crippen LogP contribution in [-0.2, 0) is 4.79 Å². The molecule has 0 fully saturated rings. The van der Waals surface area contributed by atoms with Gasteiger partial charge in [-0.15, -0.1) is 0 Å². The summed E-state index contributed by atoms with van der Waals surface area (Å²) >= 11 is 0. The van der Waals surface area contributed by atoms with E-state index >= 15 is 0 Å². The van der Waals surface area contributed by atoms with Crippen molar-refractivity contribution in [2.75, 3.05) is 0 Å². The number of phenolic OH excluding ortho intramolecular Hbond substituents is 1. The molecule has 7 heteroatoms. The zero-order chi connectivity index (χ0) is 19.8. The maximum atomic E-state index is 12.0. The van der Waals surface area contributed by atoms with Crippen LogP contribution < -0.4 is 10.2 Å². The average molecular weight is 376 g/mol. The van der Waals surface area contributed by atoms with Gasteiger partial charge in [0.1, 0.15) is 17.3 Å². The van der Waals surface area contributed by atoms with Crippen LogP contribution in [0.15, 0.2) is 82.5 Å². The first-order valence-electron chi connectivity index (χ1n) is 8.27. The number of furan rings is 1. The summed E-state index contributed by atoms with van der Waals surface area (Å²) in [5.74, 6) is -0.367. The maximum Gasteiger partial charge on any atom is 0.336 e. The molecule has 0 spiro atoms. The molecule has 2 N–H and O–H groups in total. The Bertz CT molecular complexity index is 1020. The van der Waals surface area contributed by atoms with Crippen LogP contribution in [0.3, 0.4) is 0 Å². The average Bonchev–Trinajstić information content (AvgIpc) is 3.21. The minimum Gasteiger partial charge on any atom is -0.507 e. The number of hydrogen-bond donors (Lipinski definition) is 2. The molecule has 0 saturated heterocycles. The first-order chi connectivity index (χ1) is 13.6. The number of phenols is 1. The van der Waals surface area contributed by atoms with E-state index < -0.39 is 11.9 Å². The van der Waals surface area contributed by atoms with E-state index in [0.717, 1.165) is 0 Å². The Balaban J connectivity index is 1.58. The lowest BCUT2D eigenvalue weighted by molar-refractivity contribution is -0.128. The van der Waals surface area contributed by atoms with Crippen LogP contribution in [0.5, 0.6) is 11.5 Å². The van der Waals surface area contributed by atoms with Crippen molar-refractivity contribution in [3.8, 4) is 11.5 Å². The molecule has 3 rings (SSSR count). The van der Waals surface area contributed by atoms with E-state index in [-0.39, 0.29) is 11.3 Å². The molecule has 2 aromatic carbocycles. The van der Waals surface area contributed by atoms with Gasteiger partial charge in [-0.3, -0.25) is 4.79 Å². The lowest BCUT2D eigenvalue weighted by Crippen LogP contribution is -2.17. The molecule has 3 aromatic rings. The van der Waals surface area contributed by atoms with Crippen LogP contribution in [0.25, 0.3) is 6.08 Å². The van der Waals surface area contributed by atoms with Crippen LogP contribution in [0, 0.1) is 0 Å². The van der Waals surface area contributed by atoms with E-state index in [1.807, 2.05) is 0 Å². The summed E-state index contributed by atoms with van der Waals surface area (Å²) < 4.78 is 10.3. The molecule has 140 valence electrons. The van der Waals surface area contributed by atoms with Crippen molar-refractivity contribution in [3.63, 3.8) is 0 Å². The first kappa shape index (κ1) is 18.7. The highest BCUT2D eigenvalue weighted by Gasteiger charge is 2.08. The number of nitrogens with one attached hydrogen (secondary N) is 1. The number of aromatic hydroxyl groups is 1. The number of amides is 1. The van der Waals surface area contributed by atoms with Crippen LogP contribution in [0.1, 0.15) is 21.7 Å². The van der Waals surface area contributed by atoms with Gasteiger partial charge in [-0.1, -0.05) is 24.3 Å². The zero-order valence-electron chi connectivity index (χ0n) is 14.6. The number of carbonyl (C=O) groups excluding carboxylic acids is 2. The Labute approximate surface area is 160 Å². The number of ether oxygens (including phenoxy) is 1.